The van der Waals surface area contributed by atoms with Crippen molar-refractivity contribution < 1.29 is 5.11 Å². The predicted molar refractivity (Wildman–Crippen MR) is 68.2 cm³/mol. The largest absolute Gasteiger partial charge is 0.385 e. The van der Waals surface area contributed by atoms with E-state index in [1.807, 2.05) is 0 Å². The standard InChI is InChI=1S/C15H24O/c1-11(2)13-7-9-14(4)8-5-6-12(3)15(14,16)10-13/h13,16H,1,3,5-10H2,2,4H3/t13-,14?,15+/m1/s1. The zero-order chi connectivity index (χ0) is 12.0. The monoisotopic (exact) mass is 220 g/mol. The van der Waals surface area contributed by atoms with Crippen LogP contribution in [0.3, 0.4) is 0 Å². The van der Waals surface area contributed by atoms with E-state index in [2.05, 4.69) is 27.0 Å². The Hall–Kier alpha value is -0.560. The molecular formula is C15H24O. The lowest BCUT2D eigenvalue weighted by molar-refractivity contribution is -0.106. The zero-order valence-electron chi connectivity index (χ0n) is 10.7. The zero-order valence-corrected chi connectivity index (χ0v) is 10.7. The van der Waals surface area contributed by atoms with Crippen molar-refractivity contribution in [2.45, 2.75) is 58.0 Å². The van der Waals surface area contributed by atoms with Crippen molar-refractivity contribution in [2.75, 3.05) is 0 Å². The van der Waals surface area contributed by atoms with Gasteiger partial charge in [0.15, 0.2) is 0 Å². The molecule has 1 nitrogen and oxygen atoms in total. The molecule has 0 radical (unpaired) electrons. The van der Waals surface area contributed by atoms with Crippen LogP contribution < -0.4 is 0 Å². The minimum atomic E-state index is -0.632. The van der Waals surface area contributed by atoms with Gasteiger partial charge >= 0.3 is 0 Å². The lowest BCUT2D eigenvalue weighted by Gasteiger charge is -2.55. The van der Waals surface area contributed by atoms with Gasteiger partial charge < -0.3 is 5.11 Å². The van der Waals surface area contributed by atoms with Crippen LogP contribution in [0.1, 0.15) is 52.4 Å². The molecule has 0 amide bonds. The van der Waals surface area contributed by atoms with Gasteiger partial charge in [-0.15, -0.1) is 0 Å². The second kappa shape index (κ2) is 3.73. The van der Waals surface area contributed by atoms with Crippen molar-refractivity contribution in [1.29, 1.82) is 0 Å². The summed E-state index contributed by atoms with van der Waals surface area (Å²) in [6.07, 6.45) is 6.47. The molecule has 2 saturated carbocycles. The second-order valence-corrected chi connectivity index (χ2v) is 6.16. The summed E-state index contributed by atoms with van der Waals surface area (Å²) in [6.45, 7) is 12.5. The van der Waals surface area contributed by atoms with Crippen LogP contribution in [0.4, 0.5) is 0 Å². The highest BCUT2D eigenvalue weighted by Crippen LogP contribution is 2.56. The topological polar surface area (TPSA) is 20.2 Å². The van der Waals surface area contributed by atoms with E-state index in [0.29, 0.717) is 5.92 Å². The fraction of sp³-hybridized carbons (Fsp3) is 0.733. The average Bonchev–Trinajstić information content (AvgIpc) is 2.20. The summed E-state index contributed by atoms with van der Waals surface area (Å²) < 4.78 is 0. The Balaban J connectivity index is 2.29. The van der Waals surface area contributed by atoms with Gasteiger partial charge in [-0.25, -0.2) is 0 Å². The Bertz CT molecular complexity index is 330. The molecule has 0 heterocycles. The van der Waals surface area contributed by atoms with Gasteiger partial charge in [-0.2, -0.15) is 0 Å². The van der Waals surface area contributed by atoms with Gasteiger partial charge in [0.05, 0.1) is 5.60 Å². The molecule has 1 heteroatoms. The molecule has 0 bridgehead atoms. The lowest BCUT2D eigenvalue weighted by Crippen LogP contribution is -2.54. The lowest BCUT2D eigenvalue weighted by atomic mass is 9.53. The first-order valence-corrected chi connectivity index (χ1v) is 6.45. The summed E-state index contributed by atoms with van der Waals surface area (Å²) in [7, 11) is 0. The van der Waals surface area contributed by atoms with Crippen molar-refractivity contribution in [3.63, 3.8) is 0 Å². The van der Waals surface area contributed by atoms with Crippen molar-refractivity contribution >= 4 is 0 Å². The normalized spacial score (nSPS) is 43.9. The molecule has 2 aliphatic carbocycles. The maximum atomic E-state index is 11.0. The maximum Gasteiger partial charge on any atom is 0.0913 e. The molecule has 0 aromatic carbocycles. The number of hydrogen-bond donors (Lipinski definition) is 1. The molecule has 1 unspecified atom stereocenters. The third kappa shape index (κ3) is 1.57. The van der Waals surface area contributed by atoms with Crippen LogP contribution in [0.2, 0.25) is 0 Å². The summed E-state index contributed by atoms with van der Waals surface area (Å²) in [4.78, 5) is 0. The van der Waals surface area contributed by atoms with Crippen LogP contribution in [0.5, 0.6) is 0 Å². The molecule has 0 saturated heterocycles. The van der Waals surface area contributed by atoms with E-state index in [1.165, 1.54) is 18.4 Å². The fourth-order valence-corrected chi connectivity index (χ4v) is 3.63. The van der Waals surface area contributed by atoms with E-state index in [4.69, 9.17) is 0 Å². The molecule has 90 valence electrons. The number of allylic oxidation sites excluding steroid dienone is 1. The Morgan fingerprint density at radius 1 is 1.44 bits per heavy atom. The molecule has 16 heavy (non-hydrogen) atoms. The fourth-order valence-electron chi connectivity index (χ4n) is 3.63. The molecule has 0 aromatic rings. The smallest absolute Gasteiger partial charge is 0.0913 e. The highest BCUT2D eigenvalue weighted by atomic mass is 16.3. The van der Waals surface area contributed by atoms with Gasteiger partial charge in [0.1, 0.15) is 0 Å². The highest BCUT2D eigenvalue weighted by Gasteiger charge is 2.53. The van der Waals surface area contributed by atoms with Gasteiger partial charge in [0, 0.05) is 5.41 Å². The van der Waals surface area contributed by atoms with Crippen molar-refractivity contribution in [3.05, 3.63) is 24.3 Å². The highest BCUT2D eigenvalue weighted by molar-refractivity contribution is 5.25. The summed E-state index contributed by atoms with van der Waals surface area (Å²) >= 11 is 0. The summed E-state index contributed by atoms with van der Waals surface area (Å²) in [6, 6.07) is 0. The number of hydrogen-bond acceptors (Lipinski definition) is 1. The quantitative estimate of drug-likeness (QED) is 0.666. The molecule has 0 aliphatic heterocycles. The van der Waals surface area contributed by atoms with Crippen LogP contribution in [0, 0.1) is 11.3 Å². The predicted octanol–water partition coefficient (Wildman–Crippen LogP) is 3.84. The third-order valence-electron chi connectivity index (χ3n) is 5.07. The summed E-state index contributed by atoms with van der Waals surface area (Å²) in [5.74, 6) is 0.480. The van der Waals surface area contributed by atoms with Crippen molar-refractivity contribution in [2.24, 2.45) is 11.3 Å². The Kier molecular flexibility index (Phi) is 2.78. The Labute approximate surface area is 99.3 Å². The summed E-state index contributed by atoms with van der Waals surface area (Å²) in [5, 5.41) is 11.0. The Morgan fingerprint density at radius 3 is 2.75 bits per heavy atom. The number of aliphatic hydroxyl groups is 1. The molecule has 2 fully saturated rings. The minimum Gasteiger partial charge on any atom is -0.385 e. The van der Waals surface area contributed by atoms with E-state index in [9.17, 15) is 5.11 Å². The minimum absolute atomic E-state index is 0.0638. The van der Waals surface area contributed by atoms with Gasteiger partial charge in [-0.1, -0.05) is 25.7 Å². The van der Waals surface area contributed by atoms with E-state index in [-0.39, 0.29) is 5.41 Å². The first kappa shape index (κ1) is 11.9. The van der Waals surface area contributed by atoms with Crippen LogP contribution >= 0.6 is 0 Å². The molecule has 2 aliphatic rings. The van der Waals surface area contributed by atoms with Crippen molar-refractivity contribution in [1.82, 2.24) is 0 Å². The van der Waals surface area contributed by atoms with E-state index < -0.39 is 5.60 Å². The van der Waals surface area contributed by atoms with Gasteiger partial charge in [0.2, 0.25) is 0 Å². The first-order chi connectivity index (χ1) is 7.39. The van der Waals surface area contributed by atoms with Gasteiger partial charge in [0.25, 0.3) is 0 Å². The van der Waals surface area contributed by atoms with Gasteiger partial charge in [-0.3, -0.25) is 0 Å². The van der Waals surface area contributed by atoms with Crippen LogP contribution in [-0.4, -0.2) is 10.7 Å². The molecular weight excluding hydrogens is 196 g/mol. The third-order valence-corrected chi connectivity index (χ3v) is 5.07. The van der Waals surface area contributed by atoms with Gasteiger partial charge in [-0.05, 0) is 56.9 Å². The SMILES string of the molecule is C=C(C)[C@@H]1CCC2(C)CCCC(=C)[C@@]2(O)C1. The van der Waals surface area contributed by atoms with Crippen molar-refractivity contribution in [3.8, 4) is 0 Å². The molecule has 2 rings (SSSR count). The summed E-state index contributed by atoms with van der Waals surface area (Å²) in [5.41, 5.74) is 1.71. The number of rotatable bonds is 1. The Morgan fingerprint density at radius 2 is 2.12 bits per heavy atom. The second-order valence-electron chi connectivity index (χ2n) is 6.16. The molecule has 3 atom stereocenters. The van der Waals surface area contributed by atoms with Crippen LogP contribution in [-0.2, 0) is 0 Å². The molecule has 0 aromatic heterocycles. The molecule has 1 N–H and O–H groups in total. The first-order valence-electron chi connectivity index (χ1n) is 6.45. The van der Waals surface area contributed by atoms with E-state index in [1.54, 1.807) is 0 Å². The molecule has 0 spiro atoms. The van der Waals surface area contributed by atoms with Crippen LogP contribution in [0.15, 0.2) is 24.3 Å². The van der Waals surface area contributed by atoms with E-state index >= 15 is 0 Å². The average molecular weight is 220 g/mol. The maximum absolute atomic E-state index is 11.0. The number of fused-ring (bicyclic) bond motifs is 1. The van der Waals surface area contributed by atoms with Crippen LogP contribution in [0.25, 0.3) is 0 Å². The van der Waals surface area contributed by atoms with E-state index in [0.717, 1.165) is 31.3 Å².